The molecule has 1 aromatic rings. The molecule has 21 heavy (non-hydrogen) atoms. The van der Waals surface area contributed by atoms with Crippen LogP contribution >= 0.6 is 0 Å². The van der Waals surface area contributed by atoms with Gasteiger partial charge in [-0.25, -0.2) is 9.97 Å². The van der Waals surface area contributed by atoms with Crippen LogP contribution in [0.25, 0.3) is 0 Å². The van der Waals surface area contributed by atoms with E-state index in [0.717, 1.165) is 49.7 Å². The third-order valence-corrected chi connectivity index (χ3v) is 4.52. The maximum Gasteiger partial charge on any atom is 0.225 e. The average molecular weight is 288 g/mol. The molecule has 5 heteroatoms. The van der Waals surface area contributed by atoms with E-state index in [2.05, 4.69) is 15.3 Å². The number of aromatic nitrogens is 2. The highest BCUT2D eigenvalue weighted by Gasteiger charge is 2.32. The molecule has 1 atom stereocenters. The van der Waals surface area contributed by atoms with Gasteiger partial charge in [0.1, 0.15) is 11.6 Å². The van der Waals surface area contributed by atoms with E-state index in [9.17, 15) is 4.79 Å². The van der Waals surface area contributed by atoms with Crippen molar-refractivity contribution in [2.45, 2.75) is 52.0 Å². The zero-order valence-corrected chi connectivity index (χ0v) is 12.9. The van der Waals surface area contributed by atoms with E-state index >= 15 is 0 Å². The van der Waals surface area contributed by atoms with E-state index in [4.69, 9.17) is 0 Å². The fourth-order valence-corrected chi connectivity index (χ4v) is 3.51. The Labute approximate surface area is 126 Å². The van der Waals surface area contributed by atoms with Crippen LogP contribution in [0.5, 0.6) is 0 Å². The average Bonchev–Trinajstić information content (AvgIpc) is 3.07. The number of hydrogen-bond acceptors (Lipinski definition) is 4. The van der Waals surface area contributed by atoms with Crippen LogP contribution < -0.4 is 5.32 Å². The van der Waals surface area contributed by atoms with Crippen LogP contribution in [0.2, 0.25) is 0 Å². The summed E-state index contributed by atoms with van der Waals surface area (Å²) in [4.78, 5) is 23.2. The van der Waals surface area contributed by atoms with Gasteiger partial charge in [-0.15, -0.1) is 0 Å². The Hall–Kier alpha value is -1.65. The predicted molar refractivity (Wildman–Crippen MR) is 82.1 cm³/mol. The van der Waals surface area contributed by atoms with Crippen molar-refractivity contribution in [3.63, 3.8) is 0 Å². The second kappa shape index (κ2) is 6.00. The third-order valence-electron chi connectivity index (χ3n) is 4.52. The largest absolute Gasteiger partial charge is 0.365 e. The van der Waals surface area contributed by atoms with Crippen molar-refractivity contribution in [1.29, 1.82) is 0 Å². The number of anilines is 1. The lowest BCUT2D eigenvalue weighted by molar-refractivity contribution is -0.134. The molecule has 5 nitrogen and oxygen atoms in total. The van der Waals surface area contributed by atoms with Crippen LogP contribution in [0, 0.1) is 19.8 Å². The van der Waals surface area contributed by atoms with Crippen molar-refractivity contribution in [2.75, 3.05) is 18.4 Å². The first-order chi connectivity index (χ1) is 10.1. The monoisotopic (exact) mass is 288 g/mol. The van der Waals surface area contributed by atoms with Gasteiger partial charge < -0.3 is 10.2 Å². The fraction of sp³-hybridized carbons (Fsp3) is 0.688. The van der Waals surface area contributed by atoms with Gasteiger partial charge in [0, 0.05) is 36.8 Å². The fourth-order valence-electron chi connectivity index (χ4n) is 3.51. The van der Waals surface area contributed by atoms with Crippen molar-refractivity contribution in [2.24, 2.45) is 5.92 Å². The first kappa shape index (κ1) is 14.3. The highest BCUT2D eigenvalue weighted by Crippen LogP contribution is 2.28. The number of nitrogens with zero attached hydrogens (tertiary/aromatic N) is 3. The standard InChI is InChI=1S/C16H24N4O/c1-11-9-15(18-12(2)17-11)19-14-7-8-20(10-14)16(21)13-5-3-4-6-13/h9,13-14H,3-8,10H2,1-2H3,(H,17,18,19). The molecule has 1 aliphatic carbocycles. The summed E-state index contributed by atoms with van der Waals surface area (Å²) in [5.74, 6) is 2.31. The molecule has 0 spiro atoms. The number of hydrogen-bond donors (Lipinski definition) is 1. The molecule has 2 fully saturated rings. The van der Waals surface area contributed by atoms with Crippen molar-refractivity contribution < 1.29 is 4.79 Å². The van der Waals surface area contributed by atoms with Gasteiger partial charge in [0.25, 0.3) is 0 Å². The molecular formula is C16H24N4O. The van der Waals surface area contributed by atoms with Crippen molar-refractivity contribution >= 4 is 11.7 Å². The Bertz CT molecular complexity index is 505. The summed E-state index contributed by atoms with van der Waals surface area (Å²) in [5, 5.41) is 3.45. The van der Waals surface area contributed by atoms with Crippen molar-refractivity contribution in [3.8, 4) is 0 Å². The molecule has 1 aromatic heterocycles. The minimum absolute atomic E-state index is 0.285. The van der Waals surface area contributed by atoms with Gasteiger partial charge in [0.2, 0.25) is 5.91 Å². The Kier molecular flexibility index (Phi) is 4.08. The summed E-state index contributed by atoms with van der Waals surface area (Å²) in [7, 11) is 0. The normalized spacial score (nSPS) is 22.8. The smallest absolute Gasteiger partial charge is 0.225 e. The van der Waals surface area contributed by atoms with Gasteiger partial charge in [0.15, 0.2) is 0 Å². The molecular weight excluding hydrogens is 264 g/mol. The Morgan fingerprint density at radius 3 is 2.71 bits per heavy atom. The lowest BCUT2D eigenvalue weighted by Crippen LogP contribution is -2.35. The van der Waals surface area contributed by atoms with Crippen LogP contribution in [-0.4, -0.2) is 39.9 Å². The topological polar surface area (TPSA) is 58.1 Å². The second-order valence-electron chi connectivity index (χ2n) is 6.34. The highest BCUT2D eigenvalue weighted by atomic mass is 16.2. The van der Waals surface area contributed by atoms with Gasteiger partial charge in [-0.1, -0.05) is 12.8 Å². The van der Waals surface area contributed by atoms with Crippen LogP contribution in [-0.2, 0) is 4.79 Å². The van der Waals surface area contributed by atoms with E-state index in [-0.39, 0.29) is 5.92 Å². The number of nitrogens with one attached hydrogen (secondary N) is 1. The number of carbonyl (C=O) groups excluding carboxylic acids is 1. The molecule has 0 radical (unpaired) electrons. The Morgan fingerprint density at radius 1 is 1.24 bits per heavy atom. The van der Waals surface area contributed by atoms with E-state index in [1.54, 1.807) is 0 Å². The number of rotatable bonds is 3. The predicted octanol–water partition coefficient (Wildman–Crippen LogP) is 2.30. The molecule has 1 aliphatic heterocycles. The zero-order valence-electron chi connectivity index (χ0n) is 12.9. The molecule has 2 heterocycles. The van der Waals surface area contributed by atoms with E-state index in [1.165, 1.54) is 12.8 Å². The highest BCUT2D eigenvalue weighted by molar-refractivity contribution is 5.79. The molecule has 1 amide bonds. The molecule has 0 bridgehead atoms. The minimum Gasteiger partial charge on any atom is -0.365 e. The summed E-state index contributed by atoms with van der Waals surface area (Å²) in [6.45, 7) is 5.56. The molecule has 1 unspecified atom stereocenters. The summed E-state index contributed by atoms with van der Waals surface area (Å²) >= 11 is 0. The summed E-state index contributed by atoms with van der Waals surface area (Å²) in [6, 6.07) is 2.28. The quantitative estimate of drug-likeness (QED) is 0.927. The first-order valence-electron chi connectivity index (χ1n) is 7.99. The molecule has 114 valence electrons. The lowest BCUT2D eigenvalue weighted by Gasteiger charge is -2.21. The number of aryl methyl sites for hydroxylation is 2. The lowest BCUT2D eigenvalue weighted by atomic mass is 10.1. The summed E-state index contributed by atoms with van der Waals surface area (Å²) in [6.07, 6.45) is 5.59. The van der Waals surface area contributed by atoms with Gasteiger partial charge in [-0.3, -0.25) is 4.79 Å². The van der Waals surface area contributed by atoms with Crippen LogP contribution in [0.3, 0.4) is 0 Å². The third kappa shape index (κ3) is 3.34. The second-order valence-corrected chi connectivity index (χ2v) is 6.34. The molecule has 1 saturated heterocycles. The van der Waals surface area contributed by atoms with Crippen LogP contribution in [0.15, 0.2) is 6.07 Å². The maximum atomic E-state index is 12.4. The number of carbonyl (C=O) groups is 1. The van der Waals surface area contributed by atoms with E-state index < -0.39 is 0 Å². The SMILES string of the molecule is Cc1cc(NC2CCN(C(=O)C3CCCC3)C2)nc(C)n1. The summed E-state index contributed by atoms with van der Waals surface area (Å²) in [5.41, 5.74) is 0.974. The zero-order chi connectivity index (χ0) is 14.8. The maximum absolute atomic E-state index is 12.4. The first-order valence-corrected chi connectivity index (χ1v) is 7.99. The molecule has 3 rings (SSSR count). The van der Waals surface area contributed by atoms with Gasteiger partial charge in [-0.2, -0.15) is 0 Å². The van der Waals surface area contributed by atoms with Crippen LogP contribution in [0.1, 0.15) is 43.6 Å². The number of amides is 1. The Balaban J connectivity index is 1.58. The van der Waals surface area contributed by atoms with Gasteiger partial charge in [0.05, 0.1) is 0 Å². The van der Waals surface area contributed by atoms with E-state index in [1.807, 2.05) is 24.8 Å². The Morgan fingerprint density at radius 2 is 2.00 bits per heavy atom. The molecule has 1 saturated carbocycles. The molecule has 1 N–H and O–H groups in total. The molecule has 0 aromatic carbocycles. The number of likely N-dealkylation sites (tertiary alicyclic amines) is 1. The van der Waals surface area contributed by atoms with E-state index in [0.29, 0.717) is 11.9 Å². The van der Waals surface area contributed by atoms with Gasteiger partial charge >= 0.3 is 0 Å². The van der Waals surface area contributed by atoms with Gasteiger partial charge in [-0.05, 0) is 33.1 Å². The van der Waals surface area contributed by atoms with Crippen molar-refractivity contribution in [1.82, 2.24) is 14.9 Å². The molecule has 2 aliphatic rings. The summed E-state index contributed by atoms with van der Waals surface area (Å²) < 4.78 is 0. The van der Waals surface area contributed by atoms with Crippen LogP contribution in [0.4, 0.5) is 5.82 Å². The van der Waals surface area contributed by atoms with Crippen molar-refractivity contribution in [3.05, 3.63) is 17.6 Å². The minimum atomic E-state index is 0.285.